The van der Waals surface area contributed by atoms with Crippen LogP contribution in [0.1, 0.15) is 15.9 Å². The van der Waals surface area contributed by atoms with Gasteiger partial charge in [0.15, 0.2) is 12.9 Å². The molecule has 0 radical (unpaired) electrons. The molecule has 2 aromatic carbocycles. The minimum Gasteiger partial charge on any atom is -0.483 e. The number of halogens is 1. The number of hydrogen-bond donors (Lipinski definition) is 1. The molecule has 0 saturated carbocycles. The van der Waals surface area contributed by atoms with Crippen molar-refractivity contribution in [3.63, 3.8) is 0 Å². The number of carbonyl (C=O) groups excluding carboxylic acids is 2. The van der Waals surface area contributed by atoms with Crippen molar-refractivity contribution in [2.45, 2.75) is 6.54 Å². The van der Waals surface area contributed by atoms with Gasteiger partial charge in [0.05, 0.1) is 23.2 Å². The second-order valence-electron chi connectivity index (χ2n) is 5.90. The fraction of sp³-hybridized carbons (Fsp3) is 0.105. The van der Waals surface area contributed by atoms with Crippen LogP contribution in [0.4, 0.5) is 11.5 Å². The minimum atomic E-state index is -0.621. The number of benzene rings is 2. The molecular weight excluding hydrogens is 400 g/mol. The third-order valence-corrected chi connectivity index (χ3v) is 4.32. The summed E-state index contributed by atoms with van der Waals surface area (Å²) < 4.78 is 6.91. The van der Waals surface area contributed by atoms with Crippen molar-refractivity contribution in [2.75, 3.05) is 11.9 Å². The predicted molar refractivity (Wildman–Crippen MR) is 105 cm³/mol. The Hall–Kier alpha value is -3.72. The van der Waals surface area contributed by atoms with Crippen LogP contribution in [0, 0.1) is 10.1 Å². The lowest BCUT2D eigenvalue weighted by Crippen LogP contribution is -2.22. The third-order valence-electron chi connectivity index (χ3n) is 3.95. The van der Waals surface area contributed by atoms with Gasteiger partial charge in [0.2, 0.25) is 0 Å². The molecule has 0 aliphatic rings. The number of ether oxygens (including phenoxy) is 1. The number of carbonyl (C=O) groups is 2. The van der Waals surface area contributed by atoms with Gasteiger partial charge in [0.1, 0.15) is 11.6 Å². The van der Waals surface area contributed by atoms with Crippen molar-refractivity contribution in [1.29, 1.82) is 0 Å². The Morgan fingerprint density at radius 3 is 2.79 bits per heavy atom. The summed E-state index contributed by atoms with van der Waals surface area (Å²) in [5.41, 5.74) is 0.578. The number of rotatable bonds is 8. The SMILES string of the molecule is O=Cc1cc([N+](=O)[O-])ccc1OCC(=O)Nc1ccnn1Cc1ccccc1Cl. The van der Waals surface area contributed by atoms with Gasteiger partial charge >= 0.3 is 0 Å². The molecule has 0 atom stereocenters. The van der Waals surface area contributed by atoms with E-state index in [-0.39, 0.29) is 17.0 Å². The molecular formula is C19H15ClN4O5. The number of nitro groups is 1. The third kappa shape index (κ3) is 4.96. The van der Waals surface area contributed by atoms with Gasteiger partial charge in [0.25, 0.3) is 11.6 Å². The molecule has 1 N–H and O–H groups in total. The number of nitrogens with one attached hydrogen (secondary N) is 1. The molecule has 9 nitrogen and oxygen atoms in total. The number of amides is 1. The van der Waals surface area contributed by atoms with Gasteiger partial charge in [-0.05, 0) is 17.7 Å². The number of non-ortho nitro benzene ring substituents is 1. The van der Waals surface area contributed by atoms with E-state index >= 15 is 0 Å². The van der Waals surface area contributed by atoms with Crippen molar-refractivity contribution in [3.8, 4) is 5.75 Å². The van der Waals surface area contributed by atoms with E-state index < -0.39 is 17.4 Å². The summed E-state index contributed by atoms with van der Waals surface area (Å²) in [6, 6.07) is 12.5. The number of anilines is 1. The Bertz CT molecular complexity index is 1070. The first-order chi connectivity index (χ1) is 14.0. The maximum Gasteiger partial charge on any atom is 0.270 e. The van der Waals surface area contributed by atoms with Gasteiger partial charge in [-0.1, -0.05) is 29.8 Å². The van der Waals surface area contributed by atoms with Crippen LogP contribution >= 0.6 is 11.6 Å². The van der Waals surface area contributed by atoms with E-state index in [0.717, 1.165) is 11.6 Å². The van der Waals surface area contributed by atoms with Gasteiger partial charge in [-0.3, -0.25) is 19.7 Å². The molecule has 1 amide bonds. The average Bonchev–Trinajstić information content (AvgIpc) is 3.14. The molecule has 0 aliphatic heterocycles. The second-order valence-corrected chi connectivity index (χ2v) is 6.31. The van der Waals surface area contributed by atoms with Crippen molar-refractivity contribution < 1.29 is 19.2 Å². The van der Waals surface area contributed by atoms with Crippen LogP contribution < -0.4 is 10.1 Å². The molecule has 0 aliphatic carbocycles. The van der Waals surface area contributed by atoms with Crippen LogP contribution in [0.15, 0.2) is 54.7 Å². The topological polar surface area (TPSA) is 116 Å². The maximum absolute atomic E-state index is 12.2. The molecule has 29 heavy (non-hydrogen) atoms. The number of nitro benzene ring substituents is 1. The van der Waals surface area contributed by atoms with E-state index in [0.29, 0.717) is 23.7 Å². The first kappa shape index (κ1) is 20.0. The molecule has 0 spiro atoms. The average molecular weight is 415 g/mol. The molecule has 10 heteroatoms. The van der Waals surface area contributed by atoms with E-state index in [1.54, 1.807) is 16.8 Å². The lowest BCUT2D eigenvalue weighted by Gasteiger charge is -2.11. The first-order valence-corrected chi connectivity index (χ1v) is 8.77. The lowest BCUT2D eigenvalue weighted by atomic mass is 10.2. The molecule has 1 heterocycles. The highest BCUT2D eigenvalue weighted by Gasteiger charge is 2.14. The molecule has 3 rings (SSSR count). The zero-order chi connectivity index (χ0) is 20.8. The molecule has 0 unspecified atom stereocenters. The standard InChI is InChI=1S/C19H15ClN4O5/c20-16-4-2-1-3-13(16)10-23-18(7-8-21-23)22-19(26)12-29-17-6-5-15(24(27)28)9-14(17)11-25/h1-9,11H,10,12H2,(H,22,26). The number of aromatic nitrogens is 2. The molecule has 0 fully saturated rings. The Kier molecular flexibility index (Phi) is 6.20. The van der Waals surface area contributed by atoms with Crippen molar-refractivity contribution >= 4 is 35.3 Å². The Balaban J connectivity index is 1.64. The summed E-state index contributed by atoms with van der Waals surface area (Å²) in [5, 5.41) is 18.2. The monoisotopic (exact) mass is 414 g/mol. The van der Waals surface area contributed by atoms with Crippen molar-refractivity contribution in [1.82, 2.24) is 9.78 Å². The molecule has 1 aromatic heterocycles. The van der Waals surface area contributed by atoms with Gasteiger partial charge < -0.3 is 10.1 Å². The molecule has 3 aromatic rings. The number of hydrogen-bond acceptors (Lipinski definition) is 6. The number of aldehydes is 1. The Labute approximate surface area is 170 Å². The fourth-order valence-electron chi connectivity index (χ4n) is 2.55. The van der Waals surface area contributed by atoms with Crippen LogP contribution in [-0.4, -0.2) is 33.5 Å². The summed E-state index contributed by atoms with van der Waals surface area (Å²) in [6.07, 6.45) is 1.97. The van der Waals surface area contributed by atoms with Gasteiger partial charge in [-0.15, -0.1) is 0 Å². The van der Waals surface area contributed by atoms with Crippen molar-refractivity contribution in [2.24, 2.45) is 0 Å². The largest absolute Gasteiger partial charge is 0.483 e. The van der Waals surface area contributed by atoms with Gasteiger partial charge in [0, 0.05) is 23.2 Å². The smallest absolute Gasteiger partial charge is 0.270 e. The quantitative estimate of drug-likeness (QED) is 0.343. The van der Waals surface area contributed by atoms with Crippen LogP contribution in [0.2, 0.25) is 5.02 Å². The second kappa shape index (κ2) is 8.98. The Morgan fingerprint density at radius 2 is 2.07 bits per heavy atom. The highest BCUT2D eigenvalue weighted by atomic mass is 35.5. The summed E-state index contributed by atoms with van der Waals surface area (Å²) >= 11 is 6.16. The summed E-state index contributed by atoms with van der Waals surface area (Å²) in [7, 11) is 0. The normalized spacial score (nSPS) is 10.4. The van der Waals surface area contributed by atoms with Crippen LogP contribution in [0.5, 0.6) is 5.75 Å². The fourth-order valence-corrected chi connectivity index (χ4v) is 2.74. The van der Waals surface area contributed by atoms with E-state index in [1.165, 1.54) is 18.3 Å². The summed E-state index contributed by atoms with van der Waals surface area (Å²) in [4.78, 5) is 33.5. The Morgan fingerprint density at radius 1 is 1.28 bits per heavy atom. The van der Waals surface area contributed by atoms with E-state index in [2.05, 4.69) is 10.4 Å². The summed E-state index contributed by atoms with van der Waals surface area (Å²) in [5.74, 6) is 0.0317. The zero-order valence-electron chi connectivity index (χ0n) is 14.9. The van der Waals surface area contributed by atoms with E-state index in [1.807, 2.05) is 18.2 Å². The highest BCUT2D eigenvalue weighted by Crippen LogP contribution is 2.23. The summed E-state index contributed by atoms with van der Waals surface area (Å²) in [6.45, 7) is -0.0310. The van der Waals surface area contributed by atoms with Crippen LogP contribution in [0.25, 0.3) is 0 Å². The van der Waals surface area contributed by atoms with E-state index in [9.17, 15) is 19.7 Å². The minimum absolute atomic E-state index is 0.0178. The zero-order valence-corrected chi connectivity index (χ0v) is 15.7. The highest BCUT2D eigenvalue weighted by molar-refractivity contribution is 6.31. The predicted octanol–water partition coefficient (Wildman–Crippen LogP) is 3.32. The van der Waals surface area contributed by atoms with Crippen molar-refractivity contribution in [3.05, 3.63) is 81.0 Å². The van der Waals surface area contributed by atoms with Gasteiger partial charge in [-0.25, -0.2) is 4.68 Å². The van der Waals surface area contributed by atoms with E-state index in [4.69, 9.17) is 16.3 Å². The molecule has 0 saturated heterocycles. The number of nitrogens with zero attached hydrogens (tertiary/aromatic N) is 3. The van der Waals surface area contributed by atoms with Gasteiger partial charge in [-0.2, -0.15) is 5.10 Å². The first-order valence-electron chi connectivity index (χ1n) is 8.39. The molecule has 0 bridgehead atoms. The molecule has 148 valence electrons. The van der Waals surface area contributed by atoms with Crippen LogP contribution in [0.3, 0.4) is 0 Å². The maximum atomic E-state index is 12.2. The van der Waals surface area contributed by atoms with Crippen LogP contribution in [-0.2, 0) is 11.3 Å². The lowest BCUT2D eigenvalue weighted by molar-refractivity contribution is -0.384.